The zero-order valence-electron chi connectivity index (χ0n) is 8.66. The summed E-state index contributed by atoms with van der Waals surface area (Å²) in [5.74, 6) is 0.0717. The lowest BCUT2D eigenvalue weighted by Crippen LogP contribution is -2.01. The van der Waals surface area contributed by atoms with E-state index in [9.17, 15) is 12.3 Å². The summed E-state index contributed by atoms with van der Waals surface area (Å²) < 4.78 is 35.4. The molecule has 0 atom stereocenters. The highest BCUT2D eigenvalue weighted by Gasteiger charge is 2.21. The van der Waals surface area contributed by atoms with Crippen LogP contribution >= 0.6 is 11.3 Å². The summed E-state index contributed by atoms with van der Waals surface area (Å²) in [6.07, 6.45) is 1.47. The number of rotatable bonds is 2. The molecule has 0 bridgehead atoms. The van der Waals surface area contributed by atoms with Gasteiger partial charge in [0.05, 0.1) is 10.9 Å². The summed E-state index contributed by atoms with van der Waals surface area (Å²) >= 11 is 1.31. The van der Waals surface area contributed by atoms with Crippen LogP contribution in [0.4, 0.5) is 3.89 Å². The Labute approximate surface area is 105 Å². The van der Waals surface area contributed by atoms with E-state index in [2.05, 4.69) is 19.9 Å². The molecule has 0 aromatic carbocycles. The molecule has 3 rings (SSSR count). The van der Waals surface area contributed by atoms with Gasteiger partial charge in [0.1, 0.15) is 11.3 Å². The van der Waals surface area contributed by atoms with E-state index in [0.717, 1.165) is 0 Å². The number of hydrogen-bond donors (Lipinski definition) is 1. The Hall–Kier alpha value is -1.87. The molecule has 0 aliphatic heterocycles. The van der Waals surface area contributed by atoms with Crippen molar-refractivity contribution in [1.29, 1.82) is 0 Å². The number of nitrogens with zero attached hydrogens (tertiary/aromatic N) is 3. The van der Waals surface area contributed by atoms with Crippen molar-refractivity contribution in [1.82, 2.24) is 19.9 Å². The van der Waals surface area contributed by atoms with Gasteiger partial charge in [0, 0.05) is 11.6 Å². The number of hydrogen-bond acceptors (Lipinski definition) is 6. The Morgan fingerprint density at radius 3 is 2.83 bits per heavy atom. The summed E-state index contributed by atoms with van der Waals surface area (Å²) in [4.78, 5) is 14.5. The highest BCUT2D eigenvalue weighted by Crippen LogP contribution is 2.24. The van der Waals surface area contributed by atoms with Crippen LogP contribution in [0.15, 0.2) is 28.2 Å². The largest absolute Gasteiger partial charge is 0.350 e. The molecule has 18 heavy (non-hydrogen) atoms. The Morgan fingerprint density at radius 2 is 2.17 bits per heavy atom. The van der Waals surface area contributed by atoms with E-state index in [4.69, 9.17) is 0 Å². The van der Waals surface area contributed by atoms with Crippen LogP contribution in [0.5, 0.6) is 0 Å². The van der Waals surface area contributed by atoms with Crippen molar-refractivity contribution >= 4 is 32.6 Å². The summed E-state index contributed by atoms with van der Waals surface area (Å²) in [7, 11) is -4.91. The van der Waals surface area contributed by atoms with E-state index in [-0.39, 0.29) is 16.9 Å². The third-order valence-corrected chi connectivity index (χ3v) is 3.63. The predicted octanol–water partition coefficient (Wildman–Crippen LogP) is 1.74. The summed E-state index contributed by atoms with van der Waals surface area (Å²) in [5, 5.41) is 1.13. The van der Waals surface area contributed by atoms with Gasteiger partial charge in [-0.3, -0.25) is 0 Å². The van der Waals surface area contributed by atoms with Crippen LogP contribution in [0, 0.1) is 0 Å². The molecule has 0 radical (unpaired) electrons. The monoisotopic (exact) mass is 284 g/mol. The van der Waals surface area contributed by atoms with Crippen LogP contribution in [-0.4, -0.2) is 28.4 Å². The van der Waals surface area contributed by atoms with Crippen LogP contribution < -0.4 is 0 Å². The van der Waals surface area contributed by atoms with E-state index >= 15 is 0 Å². The Morgan fingerprint density at radius 1 is 1.33 bits per heavy atom. The summed E-state index contributed by atoms with van der Waals surface area (Å²) in [6.45, 7) is 0. The molecule has 92 valence electrons. The summed E-state index contributed by atoms with van der Waals surface area (Å²) in [6, 6.07) is 1.41. The number of fused-ring (bicyclic) bond motifs is 1. The quantitative estimate of drug-likeness (QED) is 0.572. The molecule has 1 N–H and O–H groups in total. The number of halogens is 1. The van der Waals surface area contributed by atoms with Crippen molar-refractivity contribution in [3.05, 3.63) is 23.2 Å². The lowest BCUT2D eigenvalue weighted by atomic mass is 10.4. The molecule has 0 saturated heterocycles. The second-order valence-corrected chi connectivity index (χ2v) is 5.38. The Balaban J connectivity index is 2.37. The zero-order valence-corrected chi connectivity index (χ0v) is 10.3. The van der Waals surface area contributed by atoms with Crippen LogP contribution in [0.3, 0.4) is 0 Å². The molecule has 0 saturated carbocycles. The normalized spacial score (nSPS) is 12.1. The Bertz CT molecular complexity index is 810. The number of H-pyrrole nitrogens is 1. The van der Waals surface area contributed by atoms with E-state index in [1.807, 2.05) is 0 Å². The first-order chi connectivity index (χ1) is 8.55. The predicted molar refractivity (Wildman–Crippen MR) is 63.3 cm³/mol. The van der Waals surface area contributed by atoms with Crippen LogP contribution in [0.2, 0.25) is 0 Å². The number of nitrogens with one attached hydrogen (secondary N) is 1. The van der Waals surface area contributed by atoms with Crippen molar-refractivity contribution in [2.75, 3.05) is 0 Å². The number of thiazole rings is 1. The molecule has 0 aliphatic rings. The van der Waals surface area contributed by atoms with Crippen molar-refractivity contribution < 1.29 is 12.3 Å². The van der Waals surface area contributed by atoms with Gasteiger partial charge in [0.25, 0.3) is 0 Å². The molecule has 9 heteroatoms. The molecule has 6 nitrogen and oxygen atoms in total. The van der Waals surface area contributed by atoms with Crippen LogP contribution in [0.1, 0.15) is 0 Å². The maximum Gasteiger partial charge on any atom is 0.350 e. The second kappa shape index (κ2) is 3.82. The minimum atomic E-state index is -4.91. The van der Waals surface area contributed by atoms with Gasteiger partial charge in [-0.1, -0.05) is 3.89 Å². The van der Waals surface area contributed by atoms with Crippen molar-refractivity contribution in [3.8, 4) is 11.5 Å². The van der Waals surface area contributed by atoms with Crippen LogP contribution in [-0.2, 0) is 10.2 Å². The van der Waals surface area contributed by atoms with Crippen molar-refractivity contribution in [2.45, 2.75) is 5.03 Å². The minimum Gasteiger partial charge on any atom is -0.346 e. The van der Waals surface area contributed by atoms with Gasteiger partial charge >= 0.3 is 10.2 Å². The standard InChI is InChI=1S/C9H5FN4O2S2/c10-18(15,16)9-5-1-2-11-7(5)13-8(14-9)6-3-17-4-12-6/h1-4H,(H,11,13,14). The first kappa shape index (κ1) is 11.2. The van der Waals surface area contributed by atoms with E-state index in [1.54, 1.807) is 10.9 Å². The van der Waals surface area contributed by atoms with Gasteiger partial charge in [-0.15, -0.1) is 11.3 Å². The number of aromatic amines is 1. The van der Waals surface area contributed by atoms with Crippen molar-refractivity contribution in [2.24, 2.45) is 0 Å². The highest BCUT2D eigenvalue weighted by molar-refractivity contribution is 7.86. The molecule has 0 aliphatic carbocycles. The van der Waals surface area contributed by atoms with E-state index in [1.165, 1.54) is 23.6 Å². The van der Waals surface area contributed by atoms with Gasteiger partial charge < -0.3 is 4.98 Å². The molecule has 3 aromatic rings. The van der Waals surface area contributed by atoms with Gasteiger partial charge in [-0.2, -0.15) is 8.42 Å². The molecule has 3 heterocycles. The first-order valence-electron chi connectivity index (χ1n) is 4.74. The second-order valence-electron chi connectivity index (χ2n) is 3.40. The van der Waals surface area contributed by atoms with E-state index in [0.29, 0.717) is 5.69 Å². The fourth-order valence-corrected chi connectivity index (χ4v) is 2.69. The smallest absolute Gasteiger partial charge is 0.346 e. The third kappa shape index (κ3) is 1.77. The topological polar surface area (TPSA) is 88.6 Å². The number of aromatic nitrogens is 4. The van der Waals surface area contributed by atoms with Crippen LogP contribution in [0.25, 0.3) is 22.6 Å². The van der Waals surface area contributed by atoms with Crippen molar-refractivity contribution in [3.63, 3.8) is 0 Å². The maximum absolute atomic E-state index is 13.2. The highest BCUT2D eigenvalue weighted by atomic mass is 32.3. The third-order valence-electron chi connectivity index (χ3n) is 2.27. The molecule has 0 unspecified atom stereocenters. The average Bonchev–Trinajstić information content (AvgIpc) is 2.97. The van der Waals surface area contributed by atoms with Gasteiger partial charge in [-0.25, -0.2) is 15.0 Å². The molecular weight excluding hydrogens is 279 g/mol. The average molecular weight is 284 g/mol. The molecule has 3 aromatic heterocycles. The molecule has 0 spiro atoms. The summed E-state index contributed by atoms with van der Waals surface area (Å²) in [5.41, 5.74) is 2.21. The lowest BCUT2D eigenvalue weighted by molar-refractivity contribution is 0.549. The van der Waals surface area contributed by atoms with E-state index < -0.39 is 15.2 Å². The molecule has 0 amide bonds. The Kier molecular flexibility index (Phi) is 2.38. The first-order valence-corrected chi connectivity index (χ1v) is 7.07. The maximum atomic E-state index is 13.2. The minimum absolute atomic E-state index is 0.0717. The SMILES string of the molecule is O=S(=O)(F)c1nc(-c2cscn2)nc2[nH]ccc12. The fourth-order valence-electron chi connectivity index (χ4n) is 1.54. The van der Waals surface area contributed by atoms with Gasteiger partial charge in [0.2, 0.25) is 0 Å². The fraction of sp³-hybridized carbons (Fsp3) is 0. The molecule has 0 fully saturated rings. The lowest BCUT2D eigenvalue weighted by Gasteiger charge is -2.00. The molecular formula is C9H5FN4O2S2. The van der Waals surface area contributed by atoms with Gasteiger partial charge in [0.15, 0.2) is 10.9 Å². The zero-order chi connectivity index (χ0) is 12.8. The van der Waals surface area contributed by atoms with Gasteiger partial charge in [-0.05, 0) is 6.07 Å².